The lowest BCUT2D eigenvalue weighted by Gasteiger charge is -2.13. The van der Waals surface area contributed by atoms with E-state index in [0.717, 1.165) is 50.4 Å². The van der Waals surface area contributed by atoms with Crippen molar-refractivity contribution in [3.05, 3.63) is 23.8 Å². The number of hydrogen-bond donors (Lipinski definition) is 0. The average Bonchev–Trinajstić information content (AvgIpc) is 2.41. The Hall–Kier alpha value is -0.890. The van der Waals surface area contributed by atoms with Crippen molar-refractivity contribution < 1.29 is 9.47 Å². The fourth-order valence-corrected chi connectivity index (χ4v) is 1.77. The van der Waals surface area contributed by atoms with E-state index in [0.29, 0.717) is 5.88 Å². The molecule has 1 aromatic rings. The van der Waals surface area contributed by atoms with Crippen molar-refractivity contribution >= 4 is 11.6 Å². The van der Waals surface area contributed by atoms with Crippen LogP contribution in [0.5, 0.6) is 11.5 Å². The van der Waals surface area contributed by atoms with Crippen LogP contribution in [0.4, 0.5) is 0 Å². The van der Waals surface area contributed by atoms with Gasteiger partial charge in [0.15, 0.2) is 11.5 Å². The Balaban J connectivity index is 2.74. The molecule has 0 fully saturated rings. The number of rotatable bonds is 9. The first-order valence-corrected chi connectivity index (χ1v) is 7.29. The van der Waals surface area contributed by atoms with Gasteiger partial charge < -0.3 is 9.47 Å². The van der Waals surface area contributed by atoms with E-state index in [1.54, 1.807) is 0 Å². The van der Waals surface area contributed by atoms with E-state index in [9.17, 15) is 0 Å². The normalized spacial score (nSPS) is 10.4. The van der Waals surface area contributed by atoms with Crippen LogP contribution in [-0.2, 0) is 6.42 Å². The van der Waals surface area contributed by atoms with E-state index < -0.39 is 0 Å². The Morgan fingerprint density at radius 2 is 1.67 bits per heavy atom. The van der Waals surface area contributed by atoms with Crippen LogP contribution in [0.1, 0.15) is 38.7 Å². The second-order valence-electron chi connectivity index (χ2n) is 4.27. The van der Waals surface area contributed by atoms with Gasteiger partial charge in [-0.05, 0) is 43.4 Å². The second kappa shape index (κ2) is 9.09. The monoisotopic (exact) mass is 270 g/mol. The van der Waals surface area contributed by atoms with Crippen LogP contribution >= 0.6 is 11.6 Å². The van der Waals surface area contributed by atoms with Gasteiger partial charge in [-0.2, -0.15) is 0 Å². The van der Waals surface area contributed by atoms with Crippen molar-refractivity contribution in [1.29, 1.82) is 0 Å². The first kappa shape index (κ1) is 15.2. The summed E-state index contributed by atoms with van der Waals surface area (Å²) < 4.78 is 11.4. The van der Waals surface area contributed by atoms with Gasteiger partial charge in [-0.15, -0.1) is 11.6 Å². The van der Waals surface area contributed by atoms with Crippen molar-refractivity contribution in [3.8, 4) is 11.5 Å². The topological polar surface area (TPSA) is 18.5 Å². The van der Waals surface area contributed by atoms with E-state index in [4.69, 9.17) is 21.1 Å². The summed E-state index contributed by atoms with van der Waals surface area (Å²) in [6.07, 6.45) is 3.98. The van der Waals surface area contributed by atoms with Gasteiger partial charge in [0.1, 0.15) is 0 Å². The van der Waals surface area contributed by atoms with Crippen LogP contribution in [0, 0.1) is 0 Å². The predicted octanol–water partition coefficient (Wildman–Crippen LogP) is 4.44. The molecule has 1 rings (SSSR count). The van der Waals surface area contributed by atoms with Crippen LogP contribution in [0.2, 0.25) is 0 Å². The third-order valence-corrected chi connectivity index (χ3v) is 2.80. The molecule has 3 heteroatoms. The quantitative estimate of drug-likeness (QED) is 0.618. The van der Waals surface area contributed by atoms with Gasteiger partial charge in [0.2, 0.25) is 0 Å². The number of benzene rings is 1. The van der Waals surface area contributed by atoms with Gasteiger partial charge in [0.05, 0.1) is 13.2 Å². The Kier molecular flexibility index (Phi) is 7.66. The maximum atomic E-state index is 5.75. The molecule has 0 N–H and O–H groups in total. The van der Waals surface area contributed by atoms with Crippen LogP contribution < -0.4 is 9.47 Å². The van der Waals surface area contributed by atoms with Crippen LogP contribution in [-0.4, -0.2) is 19.1 Å². The SMILES string of the molecule is CCCOc1ccc(CCCCl)cc1OCCC. The summed E-state index contributed by atoms with van der Waals surface area (Å²) in [5.41, 5.74) is 1.26. The summed E-state index contributed by atoms with van der Waals surface area (Å²) in [5, 5.41) is 0. The number of halogens is 1. The van der Waals surface area contributed by atoms with Crippen LogP contribution in [0.15, 0.2) is 18.2 Å². The zero-order valence-corrected chi connectivity index (χ0v) is 12.1. The minimum Gasteiger partial charge on any atom is -0.490 e. The minimum atomic E-state index is 0.694. The molecule has 18 heavy (non-hydrogen) atoms. The fraction of sp³-hybridized carbons (Fsp3) is 0.600. The molecular formula is C15H23ClO2. The smallest absolute Gasteiger partial charge is 0.161 e. The molecule has 0 aliphatic heterocycles. The Morgan fingerprint density at radius 3 is 2.28 bits per heavy atom. The summed E-state index contributed by atoms with van der Waals surface area (Å²) in [4.78, 5) is 0. The second-order valence-corrected chi connectivity index (χ2v) is 4.65. The highest BCUT2D eigenvalue weighted by Gasteiger charge is 2.06. The first-order chi connectivity index (χ1) is 8.81. The van der Waals surface area contributed by atoms with E-state index >= 15 is 0 Å². The van der Waals surface area contributed by atoms with E-state index in [2.05, 4.69) is 26.0 Å². The van der Waals surface area contributed by atoms with Gasteiger partial charge in [-0.25, -0.2) is 0 Å². The largest absolute Gasteiger partial charge is 0.490 e. The minimum absolute atomic E-state index is 0.694. The average molecular weight is 271 g/mol. The summed E-state index contributed by atoms with van der Waals surface area (Å²) in [6.45, 7) is 5.65. The summed E-state index contributed by atoms with van der Waals surface area (Å²) in [7, 11) is 0. The Bertz CT molecular complexity index is 339. The van der Waals surface area contributed by atoms with E-state index in [1.165, 1.54) is 5.56 Å². The van der Waals surface area contributed by atoms with Gasteiger partial charge in [-0.3, -0.25) is 0 Å². The molecule has 0 radical (unpaired) electrons. The maximum absolute atomic E-state index is 5.75. The number of alkyl halides is 1. The molecule has 0 aromatic heterocycles. The summed E-state index contributed by atoms with van der Waals surface area (Å²) in [6, 6.07) is 6.17. The van der Waals surface area contributed by atoms with Crippen molar-refractivity contribution in [2.75, 3.05) is 19.1 Å². The molecule has 0 atom stereocenters. The van der Waals surface area contributed by atoms with E-state index in [-0.39, 0.29) is 0 Å². The summed E-state index contributed by atoms with van der Waals surface area (Å²) >= 11 is 5.72. The molecule has 0 bridgehead atoms. The molecule has 0 heterocycles. The third kappa shape index (κ3) is 5.18. The number of aryl methyl sites for hydroxylation is 1. The van der Waals surface area contributed by atoms with E-state index in [1.807, 2.05) is 6.07 Å². The van der Waals surface area contributed by atoms with Crippen molar-refractivity contribution in [3.63, 3.8) is 0 Å². The van der Waals surface area contributed by atoms with Crippen LogP contribution in [0.3, 0.4) is 0 Å². The molecule has 0 saturated heterocycles. The first-order valence-electron chi connectivity index (χ1n) is 6.76. The molecular weight excluding hydrogens is 248 g/mol. The van der Waals surface area contributed by atoms with Gasteiger partial charge in [0, 0.05) is 5.88 Å². The lowest BCUT2D eigenvalue weighted by Crippen LogP contribution is -2.02. The van der Waals surface area contributed by atoms with Gasteiger partial charge in [0.25, 0.3) is 0 Å². The highest BCUT2D eigenvalue weighted by Crippen LogP contribution is 2.29. The highest BCUT2D eigenvalue weighted by atomic mass is 35.5. The Labute approximate surface area is 115 Å². The molecule has 0 spiro atoms. The lowest BCUT2D eigenvalue weighted by molar-refractivity contribution is 0.268. The van der Waals surface area contributed by atoms with Gasteiger partial charge >= 0.3 is 0 Å². The number of ether oxygens (including phenoxy) is 2. The molecule has 0 aliphatic rings. The summed E-state index contributed by atoms with van der Waals surface area (Å²) in [5.74, 6) is 2.40. The van der Waals surface area contributed by atoms with Crippen LogP contribution in [0.25, 0.3) is 0 Å². The predicted molar refractivity (Wildman–Crippen MR) is 77.1 cm³/mol. The fourth-order valence-electron chi connectivity index (χ4n) is 1.64. The zero-order valence-electron chi connectivity index (χ0n) is 11.4. The molecule has 0 unspecified atom stereocenters. The molecule has 0 saturated carbocycles. The highest BCUT2D eigenvalue weighted by molar-refractivity contribution is 6.17. The Morgan fingerprint density at radius 1 is 1.00 bits per heavy atom. The van der Waals surface area contributed by atoms with Gasteiger partial charge in [-0.1, -0.05) is 19.9 Å². The lowest BCUT2D eigenvalue weighted by atomic mass is 10.1. The zero-order chi connectivity index (χ0) is 13.2. The standard InChI is InChI=1S/C15H23ClO2/c1-3-10-17-14-8-7-13(6-5-9-16)12-15(14)18-11-4-2/h7-8,12H,3-6,9-11H2,1-2H3. The molecule has 102 valence electrons. The molecule has 1 aromatic carbocycles. The molecule has 0 amide bonds. The molecule has 0 aliphatic carbocycles. The van der Waals surface area contributed by atoms with Crippen molar-refractivity contribution in [2.24, 2.45) is 0 Å². The third-order valence-electron chi connectivity index (χ3n) is 2.53. The maximum Gasteiger partial charge on any atom is 0.161 e. The van der Waals surface area contributed by atoms with Crippen molar-refractivity contribution in [2.45, 2.75) is 39.5 Å². The molecule has 2 nitrogen and oxygen atoms in total. The van der Waals surface area contributed by atoms with Crippen molar-refractivity contribution in [1.82, 2.24) is 0 Å². The number of hydrogen-bond acceptors (Lipinski definition) is 2.